The van der Waals surface area contributed by atoms with E-state index in [-0.39, 0.29) is 0 Å². The van der Waals surface area contributed by atoms with Crippen molar-refractivity contribution >= 4 is 23.5 Å². The van der Waals surface area contributed by atoms with Crippen molar-refractivity contribution in [1.82, 2.24) is 9.97 Å². The van der Waals surface area contributed by atoms with Gasteiger partial charge in [-0.2, -0.15) is 11.8 Å². The van der Waals surface area contributed by atoms with E-state index >= 15 is 0 Å². The Morgan fingerprint density at radius 3 is 2.58 bits per heavy atom. The SMILES string of the molecule is CCSCCC(Nc1cc(-c2ccc(C)cc2)nc(C)n1)C(=O)O. The second kappa shape index (κ2) is 8.68. The number of nitrogens with one attached hydrogen (secondary N) is 1. The van der Waals surface area contributed by atoms with Gasteiger partial charge in [0.25, 0.3) is 0 Å². The summed E-state index contributed by atoms with van der Waals surface area (Å²) in [7, 11) is 0. The van der Waals surface area contributed by atoms with Crippen LogP contribution in [0.15, 0.2) is 30.3 Å². The minimum absolute atomic E-state index is 0.548. The summed E-state index contributed by atoms with van der Waals surface area (Å²) >= 11 is 1.73. The standard InChI is InChI=1S/C18H23N3O2S/c1-4-24-10-9-15(18(22)23)21-17-11-16(19-13(3)20-17)14-7-5-12(2)6-8-14/h5-8,11,15H,4,9-10H2,1-3H3,(H,22,23)(H,19,20,21). The molecule has 2 aromatic rings. The van der Waals surface area contributed by atoms with E-state index in [0.29, 0.717) is 18.1 Å². The topological polar surface area (TPSA) is 75.1 Å². The molecule has 2 rings (SSSR count). The number of carboxylic acids is 1. The van der Waals surface area contributed by atoms with Gasteiger partial charge in [0, 0.05) is 11.6 Å². The van der Waals surface area contributed by atoms with Gasteiger partial charge in [-0.15, -0.1) is 0 Å². The monoisotopic (exact) mass is 345 g/mol. The molecule has 1 aromatic heterocycles. The molecule has 1 unspecified atom stereocenters. The highest BCUT2D eigenvalue weighted by atomic mass is 32.2. The van der Waals surface area contributed by atoms with E-state index < -0.39 is 12.0 Å². The average Bonchev–Trinajstić information content (AvgIpc) is 2.54. The zero-order valence-electron chi connectivity index (χ0n) is 14.2. The van der Waals surface area contributed by atoms with E-state index in [9.17, 15) is 9.90 Å². The molecule has 24 heavy (non-hydrogen) atoms. The molecule has 128 valence electrons. The average molecular weight is 345 g/mol. The quantitative estimate of drug-likeness (QED) is 0.709. The fourth-order valence-electron chi connectivity index (χ4n) is 2.30. The van der Waals surface area contributed by atoms with Gasteiger partial charge in [-0.25, -0.2) is 14.8 Å². The van der Waals surface area contributed by atoms with Crippen LogP contribution >= 0.6 is 11.8 Å². The summed E-state index contributed by atoms with van der Waals surface area (Å²) in [5, 5.41) is 12.4. The van der Waals surface area contributed by atoms with Gasteiger partial charge in [0.2, 0.25) is 0 Å². The third kappa shape index (κ3) is 5.23. The van der Waals surface area contributed by atoms with E-state index in [0.717, 1.165) is 22.8 Å². The van der Waals surface area contributed by atoms with Crippen LogP contribution in [0.5, 0.6) is 0 Å². The number of hydrogen-bond donors (Lipinski definition) is 2. The van der Waals surface area contributed by atoms with Crippen LogP contribution in [0.3, 0.4) is 0 Å². The minimum atomic E-state index is -0.861. The predicted octanol–water partition coefficient (Wildman–Crippen LogP) is 3.77. The van der Waals surface area contributed by atoms with Crippen molar-refractivity contribution in [2.45, 2.75) is 33.2 Å². The number of carboxylic acid groups (broad SMARTS) is 1. The summed E-state index contributed by atoms with van der Waals surface area (Å²) in [6.45, 7) is 5.91. The third-order valence-electron chi connectivity index (χ3n) is 3.56. The van der Waals surface area contributed by atoms with Crippen LogP contribution in [-0.4, -0.2) is 38.6 Å². The lowest BCUT2D eigenvalue weighted by Gasteiger charge is -2.16. The van der Waals surface area contributed by atoms with Crippen molar-refractivity contribution in [3.05, 3.63) is 41.7 Å². The van der Waals surface area contributed by atoms with Crippen LogP contribution in [0, 0.1) is 13.8 Å². The van der Waals surface area contributed by atoms with Crippen molar-refractivity contribution in [3.8, 4) is 11.3 Å². The molecule has 0 saturated carbocycles. The molecule has 0 amide bonds. The molecule has 0 fully saturated rings. The highest BCUT2D eigenvalue weighted by Crippen LogP contribution is 2.21. The maximum atomic E-state index is 11.5. The molecule has 0 aliphatic rings. The van der Waals surface area contributed by atoms with Gasteiger partial charge >= 0.3 is 5.97 Å². The van der Waals surface area contributed by atoms with Gasteiger partial charge in [0.1, 0.15) is 17.7 Å². The van der Waals surface area contributed by atoms with Crippen LogP contribution in [-0.2, 0) is 4.79 Å². The molecule has 0 spiro atoms. The predicted molar refractivity (Wildman–Crippen MR) is 99.6 cm³/mol. The Kier molecular flexibility index (Phi) is 6.61. The van der Waals surface area contributed by atoms with Gasteiger partial charge in [0.15, 0.2) is 0 Å². The summed E-state index contributed by atoms with van der Waals surface area (Å²) in [4.78, 5) is 20.3. The zero-order valence-corrected chi connectivity index (χ0v) is 15.1. The van der Waals surface area contributed by atoms with Gasteiger partial charge < -0.3 is 10.4 Å². The number of hydrogen-bond acceptors (Lipinski definition) is 5. The van der Waals surface area contributed by atoms with Crippen LogP contribution in [0.25, 0.3) is 11.3 Å². The van der Waals surface area contributed by atoms with Gasteiger partial charge in [-0.05, 0) is 31.8 Å². The molecule has 0 aliphatic heterocycles. The maximum Gasteiger partial charge on any atom is 0.326 e. The molecule has 2 N–H and O–H groups in total. The Morgan fingerprint density at radius 2 is 1.96 bits per heavy atom. The van der Waals surface area contributed by atoms with E-state index in [1.807, 2.05) is 38.1 Å². The largest absolute Gasteiger partial charge is 0.480 e. The first-order chi connectivity index (χ1) is 11.5. The first kappa shape index (κ1) is 18.3. The van der Waals surface area contributed by atoms with E-state index in [1.165, 1.54) is 5.56 Å². The smallest absolute Gasteiger partial charge is 0.326 e. The van der Waals surface area contributed by atoms with Crippen molar-refractivity contribution in [3.63, 3.8) is 0 Å². The van der Waals surface area contributed by atoms with Crippen molar-refractivity contribution < 1.29 is 9.90 Å². The van der Waals surface area contributed by atoms with Crippen LogP contribution in [0.4, 0.5) is 5.82 Å². The van der Waals surface area contributed by atoms with E-state index in [1.54, 1.807) is 17.8 Å². The summed E-state index contributed by atoms with van der Waals surface area (Å²) in [6, 6.07) is 9.23. The summed E-state index contributed by atoms with van der Waals surface area (Å²) in [5.41, 5.74) is 2.96. The number of nitrogens with zero attached hydrogens (tertiary/aromatic N) is 2. The Hall–Kier alpha value is -2.08. The molecule has 0 aliphatic carbocycles. The van der Waals surface area contributed by atoms with Gasteiger partial charge in [0.05, 0.1) is 5.69 Å². The van der Waals surface area contributed by atoms with E-state index in [4.69, 9.17) is 0 Å². The molecule has 0 radical (unpaired) electrons. The summed E-state index contributed by atoms with van der Waals surface area (Å²) in [6.07, 6.45) is 0.552. The molecule has 1 atom stereocenters. The van der Waals surface area contributed by atoms with Crippen LogP contribution in [0.1, 0.15) is 24.7 Å². The number of rotatable bonds is 8. The Balaban J connectivity index is 2.20. The maximum absolute atomic E-state index is 11.5. The Labute approximate surface area is 146 Å². The lowest BCUT2D eigenvalue weighted by molar-refractivity contribution is -0.137. The van der Waals surface area contributed by atoms with Crippen molar-refractivity contribution in [1.29, 1.82) is 0 Å². The zero-order chi connectivity index (χ0) is 17.5. The summed E-state index contributed by atoms with van der Waals surface area (Å²) in [5.74, 6) is 2.08. The minimum Gasteiger partial charge on any atom is -0.480 e. The fourth-order valence-corrected chi connectivity index (χ4v) is 2.99. The summed E-state index contributed by atoms with van der Waals surface area (Å²) < 4.78 is 0. The Morgan fingerprint density at radius 1 is 1.25 bits per heavy atom. The molecule has 5 nitrogen and oxygen atoms in total. The number of thioether (sulfide) groups is 1. The first-order valence-corrected chi connectivity index (χ1v) is 9.15. The van der Waals surface area contributed by atoms with Gasteiger partial charge in [-0.3, -0.25) is 0 Å². The van der Waals surface area contributed by atoms with Gasteiger partial charge in [-0.1, -0.05) is 36.8 Å². The Bertz CT molecular complexity index is 689. The molecular formula is C18H23N3O2S. The molecular weight excluding hydrogens is 322 g/mol. The fraction of sp³-hybridized carbons (Fsp3) is 0.389. The first-order valence-electron chi connectivity index (χ1n) is 7.99. The van der Waals surface area contributed by atoms with E-state index in [2.05, 4.69) is 22.2 Å². The molecule has 0 saturated heterocycles. The lowest BCUT2D eigenvalue weighted by Crippen LogP contribution is -2.30. The molecule has 6 heteroatoms. The van der Waals surface area contributed by atoms with Crippen LogP contribution in [0.2, 0.25) is 0 Å². The molecule has 1 heterocycles. The highest BCUT2D eigenvalue weighted by molar-refractivity contribution is 7.99. The highest BCUT2D eigenvalue weighted by Gasteiger charge is 2.18. The van der Waals surface area contributed by atoms with Crippen molar-refractivity contribution in [2.24, 2.45) is 0 Å². The number of aliphatic carboxylic acids is 1. The number of benzene rings is 1. The molecule has 0 bridgehead atoms. The normalized spacial score (nSPS) is 12.0. The van der Waals surface area contributed by atoms with Crippen molar-refractivity contribution in [2.75, 3.05) is 16.8 Å². The number of aryl methyl sites for hydroxylation is 2. The third-order valence-corrected chi connectivity index (χ3v) is 4.49. The second-order valence-electron chi connectivity index (χ2n) is 5.57. The lowest BCUT2D eigenvalue weighted by atomic mass is 10.1. The number of aromatic nitrogens is 2. The number of carbonyl (C=O) groups is 1. The van der Waals surface area contributed by atoms with Crippen LogP contribution < -0.4 is 5.32 Å². The molecule has 1 aromatic carbocycles. The number of anilines is 1. The second-order valence-corrected chi connectivity index (χ2v) is 6.97.